The van der Waals surface area contributed by atoms with Gasteiger partial charge in [-0.25, -0.2) is 4.79 Å². The Labute approximate surface area is 149 Å². The first-order valence-electron chi connectivity index (χ1n) is 8.14. The molecule has 0 atom stereocenters. The summed E-state index contributed by atoms with van der Waals surface area (Å²) in [5.74, 6) is -0.0361. The Balaban J connectivity index is 2.09. The number of carbonyl (C=O) groups excluding carboxylic acids is 1. The van der Waals surface area contributed by atoms with Gasteiger partial charge in [0, 0.05) is 11.1 Å². The fraction of sp³-hybridized carbons (Fsp3) is 0.316. The molecule has 0 saturated carbocycles. The minimum absolute atomic E-state index is 0.1000. The van der Waals surface area contributed by atoms with Gasteiger partial charge in [-0.1, -0.05) is 13.0 Å². The second kappa shape index (κ2) is 7.59. The highest BCUT2D eigenvalue weighted by Gasteiger charge is 2.24. The van der Waals surface area contributed by atoms with Crippen molar-refractivity contribution < 1.29 is 32.5 Å². The molecular weight excluding hydrogens is 346 g/mol. The summed E-state index contributed by atoms with van der Waals surface area (Å²) in [5.41, 5.74) is 2.70. The average Bonchev–Trinajstić information content (AvgIpc) is 2.99. The predicted molar refractivity (Wildman–Crippen MR) is 90.0 cm³/mol. The summed E-state index contributed by atoms with van der Waals surface area (Å²) in [6.45, 7) is -0.452. The molecule has 0 spiro atoms. The van der Waals surface area contributed by atoms with Crippen LogP contribution >= 0.6 is 0 Å². The van der Waals surface area contributed by atoms with E-state index in [1.54, 1.807) is 18.2 Å². The fourth-order valence-electron chi connectivity index (χ4n) is 2.80. The van der Waals surface area contributed by atoms with Gasteiger partial charge in [0.2, 0.25) is 5.75 Å². The number of esters is 1. The van der Waals surface area contributed by atoms with E-state index in [9.17, 15) is 13.6 Å². The van der Waals surface area contributed by atoms with Crippen LogP contribution in [0.15, 0.2) is 30.3 Å². The smallest absolute Gasteiger partial charge is 0.387 e. The van der Waals surface area contributed by atoms with Crippen LogP contribution < -0.4 is 14.2 Å². The summed E-state index contributed by atoms with van der Waals surface area (Å²) in [6.07, 6.45) is 0.731. The number of hydrogen-bond donors (Lipinski definition) is 0. The molecule has 0 N–H and O–H groups in total. The normalized spacial score (nSPS) is 12.7. The topological polar surface area (TPSA) is 54.0 Å². The maximum atomic E-state index is 12.7. The Bertz CT molecular complexity index is 820. The molecule has 0 saturated heterocycles. The van der Waals surface area contributed by atoms with Crippen LogP contribution in [-0.2, 0) is 11.3 Å². The molecule has 26 heavy (non-hydrogen) atoms. The third-order valence-corrected chi connectivity index (χ3v) is 3.94. The van der Waals surface area contributed by atoms with Crippen molar-refractivity contribution in [2.24, 2.45) is 0 Å². The van der Waals surface area contributed by atoms with Crippen LogP contribution in [0.5, 0.6) is 17.2 Å². The van der Waals surface area contributed by atoms with Crippen LogP contribution in [0, 0.1) is 0 Å². The van der Waals surface area contributed by atoms with Gasteiger partial charge in [-0.15, -0.1) is 0 Å². The molecule has 3 rings (SSSR count). The molecule has 0 unspecified atom stereocenters. The minimum Gasteiger partial charge on any atom is -0.490 e. The number of hydrogen-bond acceptors (Lipinski definition) is 5. The molecule has 1 heterocycles. The number of fused-ring (bicyclic) bond motifs is 1. The van der Waals surface area contributed by atoms with E-state index in [1.165, 1.54) is 13.2 Å². The van der Waals surface area contributed by atoms with E-state index < -0.39 is 6.61 Å². The molecule has 0 amide bonds. The highest BCUT2D eigenvalue weighted by atomic mass is 19.3. The number of methoxy groups -OCH3 is 1. The van der Waals surface area contributed by atoms with Crippen molar-refractivity contribution in [3.63, 3.8) is 0 Å². The monoisotopic (exact) mass is 364 g/mol. The van der Waals surface area contributed by atoms with E-state index in [2.05, 4.69) is 4.74 Å². The zero-order valence-corrected chi connectivity index (χ0v) is 14.4. The van der Waals surface area contributed by atoms with Gasteiger partial charge in [-0.05, 0) is 36.2 Å². The van der Waals surface area contributed by atoms with E-state index in [1.807, 2.05) is 13.0 Å². The van der Waals surface area contributed by atoms with Gasteiger partial charge in [0.25, 0.3) is 0 Å². The summed E-state index contributed by atoms with van der Waals surface area (Å²) < 4.78 is 45.9. The van der Waals surface area contributed by atoms with E-state index >= 15 is 0 Å². The van der Waals surface area contributed by atoms with Crippen molar-refractivity contribution in [1.82, 2.24) is 0 Å². The lowest BCUT2D eigenvalue weighted by atomic mass is 9.99. The Morgan fingerprint density at radius 2 is 1.92 bits per heavy atom. The van der Waals surface area contributed by atoms with Crippen LogP contribution in [0.4, 0.5) is 8.78 Å². The SMILES string of the molecule is CCCOc1c(-c2ccc3c(c2)COC3=O)ccc(OC(F)F)c1OC. The highest BCUT2D eigenvalue weighted by Crippen LogP contribution is 2.45. The van der Waals surface area contributed by atoms with E-state index in [0.717, 1.165) is 17.5 Å². The van der Waals surface area contributed by atoms with Gasteiger partial charge < -0.3 is 18.9 Å². The van der Waals surface area contributed by atoms with Crippen molar-refractivity contribution >= 4 is 5.97 Å². The Hall–Kier alpha value is -2.83. The van der Waals surface area contributed by atoms with Crippen molar-refractivity contribution in [3.05, 3.63) is 41.5 Å². The Kier molecular flexibility index (Phi) is 5.25. The zero-order valence-electron chi connectivity index (χ0n) is 14.4. The fourth-order valence-corrected chi connectivity index (χ4v) is 2.80. The highest BCUT2D eigenvalue weighted by molar-refractivity contribution is 5.94. The number of alkyl halides is 2. The van der Waals surface area contributed by atoms with E-state index in [-0.39, 0.29) is 24.1 Å². The summed E-state index contributed by atoms with van der Waals surface area (Å²) >= 11 is 0. The molecule has 0 radical (unpaired) electrons. The largest absolute Gasteiger partial charge is 0.490 e. The van der Waals surface area contributed by atoms with Crippen molar-refractivity contribution in [1.29, 1.82) is 0 Å². The average molecular weight is 364 g/mol. The second-order valence-corrected chi connectivity index (χ2v) is 5.65. The Morgan fingerprint density at radius 3 is 2.62 bits per heavy atom. The molecule has 0 aromatic heterocycles. The number of ether oxygens (including phenoxy) is 4. The maximum absolute atomic E-state index is 12.7. The molecular formula is C19H18F2O5. The van der Waals surface area contributed by atoms with E-state index in [0.29, 0.717) is 23.5 Å². The van der Waals surface area contributed by atoms with Crippen LogP contribution in [0.2, 0.25) is 0 Å². The molecule has 2 aromatic carbocycles. The first-order valence-corrected chi connectivity index (χ1v) is 8.14. The third kappa shape index (κ3) is 3.42. The second-order valence-electron chi connectivity index (χ2n) is 5.65. The zero-order chi connectivity index (χ0) is 18.7. The van der Waals surface area contributed by atoms with Crippen molar-refractivity contribution in [3.8, 4) is 28.4 Å². The van der Waals surface area contributed by atoms with Crippen LogP contribution in [0.25, 0.3) is 11.1 Å². The summed E-state index contributed by atoms with van der Waals surface area (Å²) in [6, 6.07) is 8.30. The van der Waals surface area contributed by atoms with Crippen LogP contribution in [0.3, 0.4) is 0 Å². The molecule has 5 nitrogen and oxygen atoms in total. The Morgan fingerprint density at radius 1 is 1.15 bits per heavy atom. The summed E-state index contributed by atoms with van der Waals surface area (Å²) in [5, 5.41) is 0. The maximum Gasteiger partial charge on any atom is 0.387 e. The molecule has 0 fully saturated rings. The van der Waals surface area contributed by atoms with Gasteiger partial charge in [0.1, 0.15) is 6.61 Å². The van der Waals surface area contributed by atoms with Crippen molar-refractivity contribution in [2.75, 3.05) is 13.7 Å². The summed E-state index contributed by atoms with van der Waals surface area (Å²) in [4.78, 5) is 11.6. The molecule has 0 aliphatic carbocycles. The van der Waals surface area contributed by atoms with Gasteiger partial charge in [0.15, 0.2) is 11.5 Å². The lowest BCUT2D eigenvalue weighted by Gasteiger charge is -2.18. The number of halogens is 2. The molecule has 138 valence electrons. The molecule has 0 bridgehead atoms. The summed E-state index contributed by atoms with van der Waals surface area (Å²) in [7, 11) is 1.37. The quantitative estimate of drug-likeness (QED) is 0.681. The minimum atomic E-state index is -2.98. The number of benzene rings is 2. The van der Waals surface area contributed by atoms with Gasteiger partial charge in [-0.2, -0.15) is 8.78 Å². The van der Waals surface area contributed by atoms with Crippen LogP contribution in [-0.4, -0.2) is 26.3 Å². The first kappa shape index (κ1) is 18.0. The van der Waals surface area contributed by atoms with Crippen LogP contribution in [0.1, 0.15) is 29.3 Å². The van der Waals surface area contributed by atoms with Gasteiger partial charge in [-0.3, -0.25) is 0 Å². The van der Waals surface area contributed by atoms with Gasteiger partial charge in [0.05, 0.1) is 19.3 Å². The molecule has 2 aromatic rings. The standard InChI is InChI=1S/C19H18F2O5/c1-3-8-24-16-13(6-7-15(17(16)23-2)26-19(20)21)11-4-5-14-12(9-11)10-25-18(14)22/h4-7,9,19H,3,8,10H2,1-2H3. The van der Waals surface area contributed by atoms with Crippen molar-refractivity contribution in [2.45, 2.75) is 26.6 Å². The molecule has 1 aliphatic rings. The lowest BCUT2D eigenvalue weighted by molar-refractivity contribution is -0.0513. The third-order valence-electron chi connectivity index (χ3n) is 3.94. The number of cyclic esters (lactones) is 1. The molecule has 7 heteroatoms. The number of carbonyl (C=O) groups is 1. The first-order chi connectivity index (χ1) is 12.5. The lowest BCUT2D eigenvalue weighted by Crippen LogP contribution is -2.06. The van der Waals surface area contributed by atoms with E-state index in [4.69, 9.17) is 14.2 Å². The van der Waals surface area contributed by atoms with Gasteiger partial charge >= 0.3 is 12.6 Å². The molecule has 1 aliphatic heterocycles. The number of rotatable bonds is 7. The predicted octanol–water partition coefficient (Wildman–Crippen LogP) is 4.42.